The van der Waals surface area contributed by atoms with Crippen LogP contribution in [0.5, 0.6) is 0 Å². The lowest BCUT2D eigenvalue weighted by atomic mass is 10.1. The molecule has 0 aliphatic rings. The van der Waals surface area contributed by atoms with E-state index in [-0.39, 0.29) is 29.6 Å². The highest BCUT2D eigenvalue weighted by atomic mass is 35.5. The Kier molecular flexibility index (Phi) is 8.04. The molecule has 0 aliphatic carbocycles. The Labute approximate surface area is 113 Å². The Morgan fingerprint density at radius 3 is 2.47 bits per heavy atom. The third kappa shape index (κ3) is 4.98. The van der Waals surface area contributed by atoms with Gasteiger partial charge in [-0.1, -0.05) is 30.3 Å². The highest BCUT2D eigenvalue weighted by Crippen LogP contribution is 2.26. The van der Waals surface area contributed by atoms with Crippen molar-refractivity contribution < 1.29 is 4.79 Å². The minimum atomic E-state index is -0.157. The summed E-state index contributed by atoms with van der Waals surface area (Å²) in [4.78, 5) is 12.0. The minimum Gasteiger partial charge on any atom is -0.351 e. The maximum absolute atomic E-state index is 12.0. The number of amides is 1. The van der Waals surface area contributed by atoms with Crippen molar-refractivity contribution in [1.29, 1.82) is 0 Å². The van der Waals surface area contributed by atoms with Gasteiger partial charge in [0.1, 0.15) is 5.25 Å². The predicted octanol–water partition coefficient (Wildman–Crippen LogP) is 1.98. The first-order valence-corrected chi connectivity index (χ1v) is 6.56. The van der Waals surface area contributed by atoms with Crippen LogP contribution in [0.15, 0.2) is 30.3 Å². The van der Waals surface area contributed by atoms with Gasteiger partial charge in [0.25, 0.3) is 0 Å². The number of hydrogen-bond acceptors (Lipinski definition) is 3. The normalized spacial score (nSPS) is 13.4. The van der Waals surface area contributed by atoms with Crippen LogP contribution >= 0.6 is 24.2 Å². The van der Waals surface area contributed by atoms with E-state index in [1.54, 1.807) is 0 Å². The third-order valence-electron chi connectivity index (χ3n) is 2.32. The smallest absolute Gasteiger partial charge is 0.237 e. The number of carbonyl (C=O) groups is 1. The molecule has 0 saturated heterocycles. The molecule has 0 fully saturated rings. The number of nitrogens with two attached hydrogens (primary N) is 1. The molecule has 1 amide bonds. The standard InChI is InChI=1S/C12H18N2OS.ClH/c1-9(8-13)14-12(15)11(16-2)10-6-4-3-5-7-10;/h3-7,9,11H,8,13H2,1-2H3,(H,14,15);1H/t9-,11?;/m0./s1. The Morgan fingerprint density at radius 2 is 2.00 bits per heavy atom. The molecule has 0 aliphatic heterocycles. The maximum Gasteiger partial charge on any atom is 0.237 e. The molecule has 2 atom stereocenters. The fourth-order valence-corrected chi connectivity index (χ4v) is 2.11. The fourth-order valence-electron chi connectivity index (χ4n) is 1.40. The molecule has 96 valence electrons. The van der Waals surface area contributed by atoms with Gasteiger partial charge >= 0.3 is 0 Å². The summed E-state index contributed by atoms with van der Waals surface area (Å²) < 4.78 is 0. The number of thioether (sulfide) groups is 1. The van der Waals surface area contributed by atoms with Gasteiger partial charge in [0.15, 0.2) is 0 Å². The van der Waals surface area contributed by atoms with Crippen molar-refractivity contribution in [3.05, 3.63) is 35.9 Å². The van der Waals surface area contributed by atoms with Crippen LogP contribution in [0.4, 0.5) is 0 Å². The molecule has 1 rings (SSSR count). The van der Waals surface area contributed by atoms with E-state index in [1.807, 2.05) is 43.5 Å². The molecule has 3 nitrogen and oxygen atoms in total. The van der Waals surface area contributed by atoms with Gasteiger partial charge in [-0.25, -0.2) is 0 Å². The van der Waals surface area contributed by atoms with Crippen LogP contribution in [-0.2, 0) is 4.79 Å². The van der Waals surface area contributed by atoms with E-state index in [0.717, 1.165) is 5.56 Å². The van der Waals surface area contributed by atoms with E-state index in [1.165, 1.54) is 11.8 Å². The van der Waals surface area contributed by atoms with Gasteiger partial charge in [-0.15, -0.1) is 24.2 Å². The molecule has 5 heteroatoms. The second-order valence-electron chi connectivity index (χ2n) is 3.67. The fraction of sp³-hybridized carbons (Fsp3) is 0.417. The average Bonchev–Trinajstić information content (AvgIpc) is 2.31. The highest BCUT2D eigenvalue weighted by molar-refractivity contribution is 7.99. The summed E-state index contributed by atoms with van der Waals surface area (Å²) in [5.74, 6) is 0.0247. The van der Waals surface area contributed by atoms with Gasteiger partial charge in [0.2, 0.25) is 5.91 Å². The van der Waals surface area contributed by atoms with E-state index in [9.17, 15) is 4.79 Å². The summed E-state index contributed by atoms with van der Waals surface area (Å²) >= 11 is 1.53. The Balaban J connectivity index is 0.00000256. The third-order valence-corrected chi connectivity index (χ3v) is 3.28. The van der Waals surface area contributed by atoms with Gasteiger partial charge in [-0.05, 0) is 18.7 Å². The summed E-state index contributed by atoms with van der Waals surface area (Å²) in [6, 6.07) is 9.78. The largest absolute Gasteiger partial charge is 0.351 e. The number of benzene rings is 1. The van der Waals surface area contributed by atoms with Gasteiger partial charge in [0, 0.05) is 12.6 Å². The van der Waals surface area contributed by atoms with E-state index < -0.39 is 0 Å². The molecule has 1 aromatic carbocycles. The second-order valence-corrected chi connectivity index (χ2v) is 4.61. The van der Waals surface area contributed by atoms with Crippen LogP contribution in [0.3, 0.4) is 0 Å². The van der Waals surface area contributed by atoms with Gasteiger partial charge in [0.05, 0.1) is 0 Å². The second kappa shape index (κ2) is 8.39. The molecular weight excluding hydrogens is 256 g/mol. The van der Waals surface area contributed by atoms with Crippen molar-refractivity contribution >= 4 is 30.1 Å². The molecular formula is C12H19ClN2OS. The quantitative estimate of drug-likeness (QED) is 0.863. The summed E-state index contributed by atoms with van der Waals surface area (Å²) in [5.41, 5.74) is 6.50. The molecule has 3 N–H and O–H groups in total. The van der Waals surface area contributed by atoms with Crippen molar-refractivity contribution in [2.45, 2.75) is 18.2 Å². The number of nitrogens with one attached hydrogen (secondary N) is 1. The molecule has 0 aromatic heterocycles. The van der Waals surface area contributed by atoms with Crippen LogP contribution in [0.2, 0.25) is 0 Å². The van der Waals surface area contributed by atoms with Gasteiger partial charge in [-0.2, -0.15) is 0 Å². The molecule has 1 aromatic rings. The van der Waals surface area contributed by atoms with Crippen molar-refractivity contribution in [3.8, 4) is 0 Å². The lowest BCUT2D eigenvalue weighted by Gasteiger charge is -2.18. The van der Waals surface area contributed by atoms with E-state index in [0.29, 0.717) is 6.54 Å². The lowest BCUT2D eigenvalue weighted by molar-refractivity contribution is -0.121. The van der Waals surface area contributed by atoms with Crippen LogP contribution in [0.1, 0.15) is 17.7 Å². The molecule has 1 unspecified atom stereocenters. The molecule has 0 spiro atoms. The lowest BCUT2D eigenvalue weighted by Crippen LogP contribution is -2.39. The molecule has 0 bridgehead atoms. The molecule has 17 heavy (non-hydrogen) atoms. The molecule has 0 radical (unpaired) electrons. The van der Waals surface area contributed by atoms with Crippen molar-refractivity contribution in [2.24, 2.45) is 5.73 Å². The van der Waals surface area contributed by atoms with Crippen LogP contribution in [0, 0.1) is 0 Å². The van der Waals surface area contributed by atoms with Crippen molar-refractivity contribution in [2.75, 3.05) is 12.8 Å². The number of hydrogen-bond donors (Lipinski definition) is 2. The zero-order chi connectivity index (χ0) is 12.0. The minimum absolute atomic E-state index is 0. The molecule has 0 saturated carbocycles. The summed E-state index contributed by atoms with van der Waals surface area (Å²) in [6.07, 6.45) is 1.93. The summed E-state index contributed by atoms with van der Waals surface area (Å²) in [5, 5.41) is 2.74. The topological polar surface area (TPSA) is 55.1 Å². The van der Waals surface area contributed by atoms with Crippen LogP contribution in [0.25, 0.3) is 0 Å². The van der Waals surface area contributed by atoms with Gasteiger partial charge < -0.3 is 11.1 Å². The zero-order valence-corrected chi connectivity index (χ0v) is 11.7. The first-order valence-electron chi connectivity index (χ1n) is 5.27. The average molecular weight is 275 g/mol. The Bertz CT molecular complexity index is 335. The SMILES string of the molecule is CSC(C(=O)N[C@@H](C)CN)c1ccccc1.Cl. The first-order chi connectivity index (χ1) is 7.69. The molecule has 0 heterocycles. The Morgan fingerprint density at radius 1 is 1.41 bits per heavy atom. The van der Waals surface area contributed by atoms with E-state index >= 15 is 0 Å². The predicted molar refractivity (Wildman–Crippen MR) is 76.6 cm³/mol. The monoisotopic (exact) mass is 274 g/mol. The van der Waals surface area contributed by atoms with Crippen LogP contribution < -0.4 is 11.1 Å². The van der Waals surface area contributed by atoms with Crippen molar-refractivity contribution in [3.63, 3.8) is 0 Å². The van der Waals surface area contributed by atoms with E-state index in [4.69, 9.17) is 5.73 Å². The van der Waals surface area contributed by atoms with E-state index in [2.05, 4.69) is 5.32 Å². The Hall–Kier alpha value is -0.710. The first kappa shape index (κ1) is 16.3. The number of rotatable bonds is 5. The highest BCUT2D eigenvalue weighted by Gasteiger charge is 2.19. The van der Waals surface area contributed by atoms with Crippen LogP contribution in [-0.4, -0.2) is 24.7 Å². The maximum atomic E-state index is 12.0. The number of halogens is 1. The van der Waals surface area contributed by atoms with Crippen molar-refractivity contribution in [1.82, 2.24) is 5.32 Å². The van der Waals surface area contributed by atoms with Gasteiger partial charge in [-0.3, -0.25) is 4.79 Å². The summed E-state index contributed by atoms with van der Waals surface area (Å²) in [6.45, 7) is 2.36. The summed E-state index contributed by atoms with van der Waals surface area (Å²) in [7, 11) is 0. The zero-order valence-electron chi connectivity index (χ0n) is 10.1. The number of carbonyl (C=O) groups excluding carboxylic acids is 1.